The zero-order chi connectivity index (χ0) is 24.0. The number of aliphatic imine (C=N–C) groups is 1. The molecule has 3 aromatic rings. The van der Waals surface area contributed by atoms with Crippen molar-refractivity contribution < 1.29 is 22.7 Å². The number of nitrogens with one attached hydrogen (secondary N) is 1. The van der Waals surface area contributed by atoms with Gasteiger partial charge in [0.15, 0.2) is 11.6 Å². The number of anilines is 2. The molecule has 0 bridgehead atoms. The van der Waals surface area contributed by atoms with Crippen molar-refractivity contribution in [2.24, 2.45) is 18.0 Å². The number of fused-ring (bicyclic) bond motifs is 1. The average molecular weight is 470 g/mol. The number of methoxy groups -OCH3 is 1. The molecule has 0 saturated heterocycles. The van der Waals surface area contributed by atoms with Gasteiger partial charge in [0.2, 0.25) is 0 Å². The van der Waals surface area contributed by atoms with E-state index in [-0.39, 0.29) is 36.4 Å². The van der Waals surface area contributed by atoms with E-state index in [0.29, 0.717) is 39.9 Å². The third-order valence-corrected chi connectivity index (χ3v) is 5.78. The van der Waals surface area contributed by atoms with Crippen molar-refractivity contribution in [3.8, 4) is 17.1 Å². The molecule has 5 rings (SSSR count). The fraction of sp³-hybridized carbons (Fsp3) is 0.348. The number of hydrogen-bond donors (Lipinski definition) is 1. The van der Waals surface area contributed by atoms with Crippen LogP contribution in [-0.2, 0) is 24.7 Å². The van der Waals surface area contributed by atoms with Crippen molar-refractivity contribution in [2.45, 2.75) is 31.9 Å². The minimum Gasteiger partial charge on any atom is -0.494 e. The second-order valence-electron chi connectivity index (χ2n) is 8.29. The maximum atomic E-state index is 13.4. The summed E-state index contributed by atoms with van der Waals surface area (Å²) >= 11 is 0. The Kier molecular flexibility index (Phi) is 5.54. The number of rotatable bonds is 8. The van der Waals surface area contributed by atoms with Crippen LogP contribution in [0.15, 0.2) is 35.6 Å². The van der Waals surface area contributed by atoms with Crippen molar-refractivity contribution in [1.29, 1.82) is 0 Å². The Labute approximate surface area is 192 Å². The van der Waals surface area contributed by atoms with E-state index in [1.165, 1.54) is 7.11 Å². The van der Waals surface area contributed by atoms with E-state index >= 15 is 0 Å². The Morgan fingerprint density at radius 2 is 2.12 bits per heavy atom. The first-order valence-electron chi connectivity index (χ1n) is 10.7. The topological polar surface area (TPSA) is 94.3 Å². The normalized spacial score (nSPS) is 18.6. The Morgan fingerprint density at radius 1 is 1.32 bits per heavy atom. The highest BCUT2D eigenvalue weighted by Gasteiger charge is 2.43. The van der Waals surface area contributed by atoms with Gasteiger partial charge in [-0.3, -0.25) is 14.5 Å². The highest BCUT2D eigenvalue weighted by atomic mass is 19.3. The highest BCUT2D eigenvalue weighted by molar-refractivity contribution is 5.99. The molecule has 1 aliphatic heterocycles. The number of ether oxygens (including phenoxy) is 1. The lowest BCUT2D eigenvalue weighted by Crippen LogP contribution is -2.12. The van der Waals surface area contributed by atoms with Crippen LogP contribution in [-0.4, -0.2) is 51.0 Å². The SMILES string of the molecule is COc1c(Nc2cc(CC(=O)C3C[C@@H]3F)nc3c2N=C(C(F)F)C3)cccc1-c1ncn(C)n1. The molecule has 0 spiro atoms. The van der Waals surface area contributed by atoms with E-state index in [1.54, 1.807) is 42.3 Å². The number of hydrogen-bond acceptors (Lipinski definition) is 7. The largest absolute Gasteiger partial charge is 0.494 e. The fourth-order valence-electron chi connectivity index (χ4n) is 4.01. The van der Waals surface area contributed by atoms with Gasteiger partial charge in [0.1, 0.15) is 24.0 Å². The van der Waals surface area contributed by atoms with Crippen LogP contribution in [0.5, 0.6) is 5.75 Å². The van der Waals surface area contributed by atoms with Crippen molar-refractivity contribution in [1.82, 2.24) is 19.7 Å². The van der Waals surface area contributed by atoms with Gasteiger partial charge < -0.3 is 10.1 Å². The molecule has 0 amide bonds. The maximum Gasteiger partial charge on any atom is 0.277 e. The first kappa shape index (κ1) is 22.1. The number of nitrogens with zero attached hydrogens (tertiary/aromatic N) is 5. The number of para-hydroxylation sites is 1. The molecule has 0 radical (unpaired) electrons. The van der Waals surface area contributed by atoms with Crippen molar-refractivity contribution >= 4 is 28.6 Å². The van der Waals surface area contributed by atoms with Crippen molar-refractivity contribution in [3.05, 3.63) is 42.0 Å². The van der Waals surface area contributed by atoms with E-state index < -0.39 is 18.5 Å². The summed E-state index contributed by atoms with van der Waals surface area (Å²) in [5, 5.41) is 7.52. The van der Waals surface area contributed by atoms with E-state index in [4.69, 9.17) is 4.74 Å². The van der Waals surface area contributed by atoms with E-state index in [9.17, 15) is 18.0 Å². The highest BCUT2D eigenvalue weighted by Crippen LogP contribution is 2.42. The molecule has 176 valence electrons. The minimum atomic E-state index is -2.72. The summed E-state index contributed by atoms with van der Waals surface area (Å²) in [7, 11) is 3.25. The second kappa shape index (κ2) is 8.54. The maximum absolute atomic E-state index is 13.4. The van der Waals surface area contributed by atoms with Crippen LogP contribution < -0.4 is 10.1 Å². The van der Waals surface area contributed by atoms with Crippen LogP contribution in [0, 0.1) is 5.92 Å². The molecule has 1 saturated carbocycles. The van der Waals surface area contributed by atoms with Crippen LogP contribution >= 0.6 is 0 Å². The van der Waals surface area contributed by atoms with Gasteiger partial charge in [0.25, 0.3) is 6.43 Å². The molecule has 1 aromatic carbocycles. The summed E-state index contributed by atoms with van der Waals surface area (Å²) in [5.74, 6) is 0.0466. The third-order valence-electron chi connectivity index (χ3n) is 5.78. The molecule has 3 heterocycles. The molecule has 1 aliphatic carbocycles. The molecular weight excluding hydrogens is 449 g/mol. The second-order valence-corrected chi connectivity index (χ2v) is 8.29. The Morgan fingerprint density at radius 3 is 2.76 bits per heavy atom. The Bertz CT molecular complexity index is 1310. The molecule has 8 nitrogen and oxygen atoms in total. The number of aromatic nitrogens is 4. The first-order valence-corrected chi connectivity index (χ1v) is 10.7. The third kappa shape index (κ3) is 4.13. The van der Waals surface area contributed by atoms with E-state index in [2.05, 4.69) is 25.4 Å². The van der Waals surface area contributed by atoms with Gasteiger partial charge in [-0.25, -0.2) is 23.1 Å². The summed E-state index contributed by atoms with van der Waals surface area (Å²) in [4.78, 5) is 25.1. The Hall–Kier alpha value is -3.76. The smallest absolute Gasteiger partial charge is 0.277 e. The summed E-state index contributed by atoms with van der Waals surface area (Å²) in [5.41, 5.74) is 2.27. The number of Topliss-reactive ketones (excluding diaryl/α,β-unsaturated/α-hetero) is 1. The molecule has 1 unspecified atom stereocenters. The summed E-state index contributed by atoms with van der Waals surface area (Å²) in [6.07, 6.45) is -2.24. The van der Waals surface area contributed by atoms with Gasteiger partial charge in [0.05, 0.1) is 47.1 Å². The monoisotopic (exact) mass is 470 g/mol. The summed E-state index contributed by atoms with van der Waals surface area (Å²) in [6.45, 7) is 0. The lowest BCUT2D eigenvalue weighted by molar-refractivity contribution is -0.120. The van der Waals surface area contributed by atoms with Crippen LogP contribution in [0.25, 0.3) is 11.4 Å². The van der Waals surface area contributed by atoms with Crippen molar-refractivity contribution in [3.63, 3.8) is 0 Å². The predicted octanol–water partition coefficient (Wildman–Crippen LogP) is 3.99. The van der Waals surface area contributed by atoms with Gasteiger partial charge >= 0.3 is 0 Å². The lowest BCUT2D eigenvalue weighted by atomic mass is 10.1. The van der Waals surface area contributed by atoms with E-state index in [1.807, 2.05) is 0 Å². The number of ketones is 1. The fourth-order valence-corrected chi connectivity index (χ4v) is 4.01. The lowest BCUT2D eigenvalue weighted by Gasteiger charge is -2.16. The average Bonchev–Trinajstić information content (AvgIpc) is 3.18. The number of alkyl halides is 3. The standard InChI is InChI=1S/C23H21F3N6O2/c1-32-10-27-23(31-32)12-4-3-5-15(21(12)34-2)29-16-6-11(7-19(33)13-8-14(13)24)28-17-9-18(22(25)26)30-20(16)17/h3-6,10,13-14,22H,7-9H2,1-2H3,(H,28,29)/t13?,14-/m0/s1. The van der Waals surface area contributed by atoms with Gasteiger partial charge in [-0.15, -0.1) is 0 Å². The van der Waals surface area contributed by atoms with Gasteiger partial charge in [-0.05, 0) is 24.6 Å². The molecule has 1 fully saturated rings. The summed E-state index contributed by atoms with van der Waals surface area (Å²) < 4.78 is 47.3. The van der Waals surface area contributed by atoms with Crippen LogP contribution in [0.2, 0.25) is 0 Å². The first-order chi connectivity index (χ1) is 16.3. The quantitative estimate of drug-likeness (QED) is 0.535. The van der Waals surface area contributed by atoms with Crippen LogP contribution in [0.1, 0.15) is 17.8 Å². The molecule has 2 aliphatic rings. The van der Waals surface area contributed by atoms with Gasteiger partial charge in [0, 0.05) is 19.9 Å². The molecule has 2 aromatic heterocycles. The number of benzene rings is 1. The number of halogens is 3. The van der Waals surface area contributed by atoms with Gasteiger partial charge in [-0.2, -0.15) is 5.10 Å². The number of aryl methyl sites for hydroxylation is 1. The Balaban J connectivity index is 1.53. The molecule has 11 heteroatoms. The molecule has 2 atom stereocenters. The predicted molar refractivity (Wildman–Crippen MR) is 119 cm³/mol. The van der Waals surface area contributed by atoms with Gasteiger partial charge in [-0.1, -0.05) is 6.07 Å². The van der Waals surface area contributed by atoms with Crippen LogP contribution in [0.3, 0.4) is 0 Å². The van der Waals surface area contributed by atoms with Crippen molar-refractivity contribution in [2.75, 3.05) is 12.4 Å². The zero-order valence-corrected chi connectivity index (χ0v) is 18.4. The summed E-state index contributed by atoms with van der Waals surface area (Å²) in [6, 6.07) is 6.93. The molecular formula is C23H21F3N6O2. The van der Waals surface area contributed by atoms with E-state index in [0.717, 1.165) is 0 Å². The number of carbonyl (C=O) groups is 1. The van der Waals surface area contributed by atoms with Crippen LogP contribution in [0.4, 0.5) is 30.2 Å². The molecule has 34 heavy (non-hydrogen) atoms. The zero-order valence-electron chi connectivity index (χ0n) is 18.4. The number of carbonyl (C=O) groups excluding carboxylic acids is 1. The minimum absolute atomic E-state index is 0.0773. The molecule has 1 N–H and O–H groups in total. The number of pyridine rings is 1.